The lowest BCUT2D eigenvalue weighted by atomic mass is 9.41. The van der Waals surface area contributed by atoms with Crippen LogP contribution in [0.5, 0.6) is 0 Å². The molecule has 0 aromatic heterocycles. The van der Waals surface area contributed by atoms with E-state index in [9.17, 15) is 14.4 Å². The fourth-order valence-electron chi connectivity index (χ4n) is 11.2. The molecule has 2 unspecified atom stereocenters. The molecule has 1 amide bonds. The van der Waals surface area contributed by atoms with E-state index >= 15 is 0 Å². The van der Waals surface area contributed by atoms with Crippen LogP contribution in [0.1, 0.15) is 132 Å². The van der Waals surface area contributed by atoms with E-state index in [2.05, 4.69) is 86.9 Å². The molecule has 0 aliphatic heterocycles. The van der Waals surface area contributed by atoms with Crippen LogP contribution in [-0.4, -0.2) is 53.1 Å². The van der Waals surface area contributed by atoms with E-state index < -0.39 is 16.6 Å². The third-order valence-corrected chi connectivity index (χ3v) is 24.0. The number of amides is 1. The van der Waals surface area contributed by atoms with Gasteiger partial charge in [-0.05, 0) is 153 Å². The molecule has 0 aromatic carbocycles. The van der Waals surface area contributed by atoms with Gasteiger partial charge < -0.3 is 19.3 Å². The molecule has 0 bridgehead atoms. The summed E-state index contributed by atoms with van der Waals surface area (Å²) in [6, 6.07) is 0. The van der Waals surface area contributed by atoms with Gasteiger partial charge in [-0.25, -0.2) is 0 Å². The monoisotopic (exact) mass is 706 g/mol. The summed E-state index contributed by atoms with van der Waals surface area (Å²) < 4.78 is 11.8. The Hall–Kier alpha value is -0.706. The Bertz CT molecular complexity index is 1140. The standard InChI is InChI=1S/C40H75NO5Si2/c1-27(14-17-34(42)41-23-20-35(43)45-9)31-15-16-32-36-28(26-38(5,6)47(10,11)44)24-29-25-30(46-48(12,13)37(2,3)4)18-21-39(29,7)33(36)19-22-40(31,32)8/h27-33,36,44H,14-26H2,1-13H3,(H,41,42)/t27-,28+,29-,30-,31-,32?,33?,36+,39+,40-/m1/s1. The zero-order valence-electron chi connectivity index (χ0n) is 33.4. The van der Waals surface area contributed by atoms with Crippen LogP contribution >= 0.6 is 0 Å². The van der Waals surface area contributed by atoms with E-state index in [1.807, 2.05) is 0 Å². The van der Waals surface area contributed by atoms with Crippen molar-refractivity contribution in [1.82, 2.24) is 5.32 Å². The molecular weight excluding hydrogens is 631 g/mol. The second-order valence-electron chi connectivity index (χ2n) is 20.3. The van der Waals surface area contributed by atoms with E-state index in [0.717, 1.165) is 30.6 Å². The maximum atomic E-state index is 12.7. The molecule has 0 radical (unpaired) electrons. The summed E-state index contributed by atoms with van der Waals surface area (Å²) in [5.74, 6) is 4.44. The summed E-state index contributed by atoms with van der Waals surface area (Å²) in [6.07, 6.45) is 13.4. The molecule has 0 aromatic rings. The Labute approximate surface area is 297 Å². The molecule has 10 atom stereocenters. The van der Waals surface area contributed by atoms with Gasteiger partial charge in [0, 0.05) is 19.1 Å². The van der Waals surface area contributed by atoms with Gasteiger partial charge in [-0.1, -0.05) is 55.4 Å². The van der Waals surface area contributed by atoms with Crippen LogP contribution in [0.25, 0.3) is 0 Å². The van der Waals surface area contributed by atoms with Crippen molar-refractivity contribution >= 4 is 28.5 Å². The summed E-state index contributed by atoms with van der Waals surface area (Å²) in [5.41, 5.74) is 0.681. The van der Waals surface area contributed by atoms with Crippen LogP contribution < -0.4 is 5.32 Å². The number of esters is 1. The Morgan fingerprint density at radius 1 is 0.917 bits per heavy atom. The van der Waals surface area contributed by atoms with Gasteiger partial charge in [0.25, 0.3) is 0 Å². The third kappa shape index (κ3) is 8.02. The summed E-state index contributed by atoms with van der Waals surface area (Å²) in [7, 11) is -2.81. The molecule has 8 heteroatoms. The molecule has 0 heterocycles. The topological polar surface area (TPSA) is 84.9 Å². The van der Waals surface area contributed by atoms with Crippen LogP contribution in [-0.2, 0) is 18.8 Å². The quantitative estimate of drug-likeness (QED) is 0.156. The summed E-state index contributed by atoms with van der Waals surface area (Å²) in [5, 5.41) is 3.13. The zero-order chi connectivity index (χ0) is 36.1. The Morgan fingerprint density at radius 3 is 2.15 bits per heavy atom. The number of carbonyl (C=O) groups is 2. The van der Waals surface area contributed by atoms with Crippen molar-refractivity contribution < 1.29 is 23.5 Å². The normalized spacial score (nSPS) is 36.4. The minimum atomic E-state index is -2.36. The highest BCUT2D eigenvalue weighted by Crippen LogP contribution is 2.71. The molecule has 0 spiro atoms. The Morgan fingerprint density at radius 2 is 1.54 bits per heavy atom. The summed E-state index contributed by atoms with van der Waals surface area (Å²) in [4.78, 5) is 35.6. The maximum Gasteiger partial charge on any atom is 0.307 e. The number of fused-ring (bicyclic) bond motifs is 5. The minimum absolute atomic E-state index is 0.0258. The van der Waals surface area contributed by atoms with Gasteiger partial charge in [0.05, 0.1) is 13.5 Å². The maximum absolute atomic E-state index is 12.7. The second-order valence-corrected chi connectivity index (χ2v) is 29.6. The number of nitrogens with one attached hydrogen (secondary N) is 1. The smallest absolute Gasteiger partial charge is 0.307 e. The first-order valence-electron chi connectivity index (χ1n) is 19.7. The molecule has 278 valence electrons. The lowest BCUT2D eigenvalue weighted by Gasteiger charge is -2.64. The molecule has 2 N–H and O–H groups in total. The number of ether oxygens (including phenoxy) is 1. The molecule has 0 saturated heterocycles. The van der Waals surface area contributed by atoms with E-state index in [0.29, 0.717) is 53.6 Å². The van der Waals surface area contributed by atoms with E-state index in [-0.39, 0.29) is 28.4 Å². The summed E-state index contributed by atoms with van der Waals surface area (Å²) in [6.45, 7) is 29.1. The highest BCUT2D eigenvalue weighted by molar-refractivity contribution is 6.74. The number of carbonyl (C=O) groups excluding carboxylic acids is 2. The van der Waals surface area contributed by atoms with Crippen molar-refractivity contribution in [3.05, 3.63) is 0 Å². The van der Waals surface area contributed by atoms with E-state index in [4.69, 9.17) is 9.16 Å². The minimum Gasteiger partial charge on any atom is -0.469 e. The number of methoxy groups -OCH3 is 1. The van der Waals surface area contributed by atoms with Crippen LogP contribution in [0.4, 0.5) is 0 Å². The van der Waals surface area contributed by atoms with E-state index in [1.165, 1.54) is 58.5 Å². The highest BCUT2D eigenvalue weighted by atomic mass is 28.4. The van der Waals surface area contributed by atoms with Crippen LogP contribution in [0.3, 0.4) is 0 Å². The van der Waals surface area contributed by atoms with Crippen molar-refractivity contribution in [2.24, 2.45) is 52.3 Å². The van der Waals surface area contributed by atoms with Gasteiger partial charge in [-0.2, -0.15) is 0 Å². The van der Waals surface area contributed by atoms with Gasteiger partial charge in [-0.3, -0.25) is 9.59 Å². The van der Waals surface area contributed by atoms with Crippen LogP contribution in [0, 0.1) is 52.3 Å². The molecule has 4 aliphatic carbocycles. The SMILES string of the molecule is COC(=O)CCNC(=O)CC[C@@H](C)[C@H]1CCC2[C@H]3C(CC[C@@]21C)[C@@]1(C)CC[C@@H](O[Si](C)(C)C(C)(C)C)C[C@H]1C[C@H]3CC(C)(C)[Si](C)(C)O. The zero-order valence-corrected chi connectivity index (χ0v) is 35.4. The Balaban J connectivity index is 1.54. The van der Waals surface area contributed by atoms with Crippen molar-refractivity contribution in [3.63, 3.8) is 0 Å². The fourth-order valence-corrected chi connectivity index (χ4v) is 13.4. The molecule has 4 fully saturated rings. The molecule has 48 heavy (non-hydrogen) atoms. The number of hydrogen-bond acceptors (Lipinski definition) is 5. The Kier molecular flexibility index (Phi) is 12.0. The average molecular weight is 706 g/mol. The van der Waals surface area contributed by atoms with Crippen molar-refractivity contribution in [2.75, 3.05) is 13.7 Å². The average Bonchev–Trinajstić information content (AvgIpc) is 3.32. The third-order valence-electron chi connectivity index (χ3n) is 16.0. The predicted octanol–water partition coefficient (Wildman–Crippen LogP) is 9.73. The van der Waals surface area contributed by atoms with E-state index in [1.54, 1.807) is 0 Å². The molecule has 4 saturated carbocycles. The van der Waals surface area contributed by atoms with Gasteiger partial charge >= 0.3 is 5.97 Å². The molecule has 4 rings (SSSR count). The van der Waals surface area contributed by atoms with Gasteiger partial charge in [-0.15, -0.1) is 0 Å². The van der Waals surface area contributed by atoms with Gasteiger partial charge in [0.15, 0.2) is 16.6 Å². The molecule has 4 aliphatic rings. The van der Waals surface area contributed by atoms with Crippen molar-refractivity contribution in [2.45, 2.75) is 175 Å². The lowest BCUT2D eigenvalue weighted by molar-refractivity contribution is -0.155. The number of hydrogen-bond donors (Lipinski definition) is 2. The highest BCUT2D eigenvalue weighted by Gasteiger charge is 2.63. The van der Waals surface area contributed by atoms with Gasteiger partial charge in [0.1, 0.15) is 0 Å². The fraction of sp³-hybridized carbons (Fsp3) is 0.950. The number of rotatable bonds is 12. The van der Waals surface area contributed by atoms with Gasteiger partial charge in [0.2, 0.25) is 5.91 Å². The van der Waals surface area contributed by atoms with Crippen molar-refractivity contribution in [1.29, 1.82) is 0 Å². The lowest BCUT2D eigenvalue weighted by Crippen LogP contribution is -2.58. The van der Waals surface area contributed by atoms with Crippen molar-refractivity contribution in [3.8, 4) is 0 Å². The first-order valence-corrected chi connectivity index (χ1v) is 25.6. The van der Waals surface area contributed by atoms with Crippen LogP contribution in [0.15, 0.2) is 0 Å². The summed E-state index contributed by atoms with van der Waals surface area (Å²) >= 11 is 0. The largest absolute Gasteiger partial charge is 0.469 e. The molecule has 6 nitrogen and oxygen atoms in total. The first-order chi connectivity index (χ1) is 22.0. The predicted molar refractivity (Wildman–Crippen MR) is 203 cm³/mol. The first kappa shape index (κ1) is 40.1. The molecular formula is C40H75NO5Si2. The second kappa shape index (κ2) is 14.4. The van der Waals surface area contributed by atoms with Crippen LogP contribution in [0.2, 0.25) is 36.3 Å².